The molecule has 4 heterocycles. The van der Waals surface area contributed by atoms with Crippen molar-refractivity contribution in [3.8, 4) is 22.8 Å². The molecule has 56 heavy (non-hydrogen) atoms. The number of nitrogens with two attached hydrogens (primary N) is 4. The van der Waals surface area contributed by atoms with Crippen molar-refractivity contribution >= 4 is 67.8 Å². The van der Waals surface area contributed by atoms with E-state index in [9.17, 15) is 9.59 Å². The molecule has 16 heteroatoms. The first-order valence-electron chi connectivity index (χ1n) is 18.8. The summed E-state index contributed by atoms with van der Waals surface area (Å²) >= 11 is 6.54. The van der Waals surface area contributed by atoms with Crippen LogP contribution in [0.1, 0.15) is 72.3 Å². The summed E-state index contributed by atoms with van der Waals surface area (Å²) in [6, 6.07) is 16.1. The number of halogens is 1. The summed E-state index contributed by atoms with van der Waals surface area (Å²) in [4.78, 5) is 49.8. The predicted octanol–water partition coefficient (Wildman–Crippen LogP) is 5.70. The van der Waals surface area contributed by atoms with Crippen LogP contribution in [0.25, 0.3) is 44.6 Å². The minimum Gasteiger partial charge on any atom is -0.364 e. The molecule has 2 aliphatic rings. The van der Waals surface area contributed by atoms with Crippen molar-refractivity contribution in [3.05, 3.63) is 77.3 Å². The minimum absolute atomic E-state index is 0.0661. The Hall–Kier alpha value is -5.22. The Bertz CT molecular complexity index is 2380. The number of rotatable bonds is 9. The molecule has 2 saturated carbocycles. The molecule has 14 nitrogen and oxygen atoms in total. The van der Waals surface area contributed by atoms with Crippen molar-refractivity contribution in [3.63, 3.8) is 0 Å². The van der Waals surface area contributed by atoms with Gasteiger partial charge in [0.25, 0.3) is 11.8 Å². The molecule has 6 aromatic rings. The van der Waals surface area contributed by atoms with Crippen LogP contribution in [0.4, 0.5) is 11.6 Å². The maximum Gasteiger partial charge on any atom is 0.269 e. The molecule has 0 bridgehead atoms. The Morgan fingerprint density at radius 1 is 0.696 bits per heavy atom. The second-order valence-corrected chi connectivity index (χ2v) is 17.0. The summed E-state index contributed by atoms with van der Waals surface area (Å²) in [6.07, 6.45) is 15.9. The number of benzene rings is 2. The van der Waals surface area contributed by atoms with Gasteiger partial charge in [0.05, 0.1) is 34.0 Å². The van der Waals surface area contributed by atoms with Gasteiger partial charge in [-0.1, -0.05) is 67.6 Å². The van der Waals surface area contributed by atoms with Crippen LogP contribution < -0.4 is 33.6 Å². The van der Waals surface area contributed by atoms with Gasteiger partial charge in [0.15, 0.2) is 16.3 Å². The zero-order valence-corrected chi connectivity index (χ0v) is 33.0. The summed E-state index contributed by atoms with van der Waals surface area (Å²) in [7, 11) is -0.0661. The Balaban J connectivity index is 0.000000172. The monoisotopic (exact) mass is 795 g/mol. The van der Waals surface area contributed by atoms with Crippen LogP contribution in [0.2, 0.25) is 5.02 Å². The Kier molecular flexibility index (Phi) is 11.8. The molecule has 292 valence electrons. The highest BCUT2D eigenvalue weighted by molar-refractivity contribution is 7.95. The molecule has 2 fully saturated rings. The molecule has 0 radical (unpaired) electrons. The lowest BCUT2D eigenvalue weighted by atomic mass is 9.91. The Morgan fingerprint density at radius 2 is 1.14 bits per heavy atom. The van der Waals surface area contributed by atoms with Crippen LogP contribution in [0.5, 0.6) is 0 Å². The van der Waals surface area contributed by atoms with Crippen molar-refractivity contribution < 1.29 is 9.59 Å². The number of nitrogens with one attached hydrogen (secondary N) is 4. The predicted molar refractivity (Wildman–Crippen MR) is 226 cm³/mol. The molecule has 4 atom stereocenters. The number of carbonyl (C=O) groups excluding carboxylic acids is 2. The second kappa shape index (κ2) is 16.9. The molecule has 2 amide bonds. The summed E-state index contributed by atoms with van der Waals surface area (Å²) in [6.45, 7) is 0. The van der Waals surface area contributed by atoms with E-state index in [1.807, 2.05) is 42.5 Å². The van der Waals surface area contributed by atoms with E-state index in [0.29, 0.717) is 33.7 Å². The number of nitrogens with zero attached hydrogens (tertiary/aromatic N) is 4. The van der Waals surface area contributed by atoms with Gasteiger partial charge in [-0.3, -0.25) is 9.59 Å². The molecule has 2 aromatic carbocycles. The highest BCUT2D eigenvalue weighted by Crippen LogP contribution is 2.37. The van der Waals surface area contributed by atoms with Gasteiger partial charge < -0.3 is 43.5 Å². The molecule has 0 aliphatic heterocycles. The number of hydrogen-bond acceptors (Lipinski definition) is 10. The van der Waals surface area contributed by atoms with Crippen LogP contribution in [-0.4, -0.2) is 78.4 Å². The fraction of sp³-hybridized carbons (Fsp3) is 0.350. The number of fused-ring (bicyclic) bond motifs is 2. The lowest BCUT2D eigenvalue weighted by Gasteiger charge is -2.29. The van der Waals surface area contributed by atoms with Crippen LogP contribution in [0.15, 0.2) is 65.8 Å². The van der Waals surface area contributed by atoms with E-state index in [4.69, 9.17) is 39.5 Å². The molecule has 8 rings (SSSR count). The zero-order valence-electron chi connectivity index (χ0n) is 31.4. The van der Waals surface area contributed by atoms with E-state index in [2.05, 4.69) is 54.1 Å². The topological polar surface area (TPSA) is 245 Å². The van der Waals surface area contributed by atoms with Crippen LogP contribution in [0.3, 0.4) is 0 Å². The zero-order chi connectivity index (χ0) is 39.5. The number of carbonyl (C=O) groups is 2. The number of amides is 2. The van der Waals surface area contributed by atoms with E-state index in [1.54, 1.807) is 6.20 Å². The first-order chi connectivity index (χ1) is 27.0. The normalized spacial score (nSPS) is 19.8. The molecule has 0 saturated heterocycles. The number of aromatic nitrogens is 6. The second-order valence-electron chi connectivity index (χ2n) is 14.6. The molecule has 0 spiro atoms. The maximum absolute atomic E-state index is 12.1. The first-order valence-corrected chi connectivity index (χ1v) is 21.2. The van der Waals surface area contributed by atoms with Gasteiger partial charge in [-0.25, -0.2) is 19.9 Å². The third kappa shape index (κ3) is 8.17. The summed E-state index contributed by atoms with van der Waals surface area (Å²) in [5.74, 6) is -0.0885. The van der Waals surface area contributed by atoms with Gasteiger partial charge in [0.1, 0.15) is 41.2 Å². The van der Waals surface area contributed by atoms with Gasteiger partial charge in [0, 0.05) is 46.0 Å². The molecule has 0 unspecified atom stereocenters. The van der Waals surface area contributed by atoms with Crippen molar-refractivity contribution in [2.75, 3.05) is 23.1 Å². The van der Waals surface area contributed by atoms with Crippen LogP contribution >= 0.6 is 11.6 Å². The summed E-state index contributed by atoms with van der Waals surface area (Å²) in [5, 5.41) is 9.23. The molecule has 12 N–H and O–H groups in total. The number of H-pyrrole nitrogens is 2. The van der Waals surface area contributed by atoms with Gasteiger partial charge in [-0.15, -0.1) is 0 Å². The van der Waals surface area contributed by atoms with Crippen molar-refractivity contribution in [1.82, 2.24) is 29.9 Å². The Labute approximate surface area is 332 Å². The van der Waals surface area contributed by atoms with Gasteiger partial charge in [0.2, 0.25) is 0 Å². The average Bonchev–Trinajstić information content (AvgIpc) is 3.75. The number of para-hydroxylation sites is 2. The number of hydrogen-bond donors (Lipinski definition) is 8. The SMILES string of the molecule is C[S+](C)c1c(-c2nc(N[C@@H]3CCCC[C@@H]3N)cnc2C(N)=O)[nH]c2ccccc12.NC(=O)c1ncc(N[C@@H]2CCCC[C@@H]2N)nc1-c1[nH]c2ccccc2c1Cl. The largest absolute Gasteiger partial charge is 0.364 e. The van der Waals surface area contributed by atoms with E-state index >= 15 is 0 Å². The van der Waals surface area contributed by atoms with Crippen molar-refractivity contribution in [2.45, 2.75) is 80.4 Å². The molecule has 2 aliphatic carbocycles. The van der Waals surface area contributed by atoms with Gasteiger partial charge in [-0.05, 0) is 43.9 Å². The average molecular weight is 796 g/mol. The highest BCUT2D eigenvalue weighted by atomic mass is 35.5. The summed E-state index contributed by atoms with van der Waals surface area (Å²) in [5.41, 5.74) is 27.9. The molecular formula is C40H48ClN12O2S+. The lowest BCUT2D eigenvalue weighted by molar-refractivity contribution is 0.0987. The third-order valence-corrected chi connectivity index (χ3v) is 12.1. The smallest absolute Gasteiger partial charge is 0.269 e. The van der Waals surface area contributed by atoms with E-state index < -0.39 is 11.8 Å². The fourth-order valence-corrected chi connectivity index (χ4v) is 9.14. The van der Waals surface area contributed by atoms with Crippen molar-refractivity contribution in [2.24, 2.45) is 22.9 Å². The number of primary amides is 2. The van der Waals surface area contributed by atoms with Crippen LogP contribution in [-0.2, 0) is 10.9 Å². The third-order valence-electron chi connectivity index (χ3n) is 10.5. The Morgan fingerprint density at radius 3 is 1.62 bits per heavy atom. The van der Waals surface area contributed by atoms with E-state index in [1.165, 1.54) is 6.20 Å². The number of anilines is 2. The quantitative estimate of drug-likeness (QED) is 0.0830. The minimum atomic E-state index is -0.659. The highest BCUT2D eigenvalue weighted by Gasteiger charge is 2.29. The van der Waals surface area contributed by atoms with Gasteiger partial charge >= 0.3 is 0 Å². The van der Waals surface area contributed by atoms with E-state index in [0.717, 1.165) is 83.8 Å². The molecule has 4 aromatic heterocycles. The first kappa shape index (κ1) is 39.0. The van der Waals surface area contributed by atoms with E-state index in [-0.39, 0.29) is 46.5 Å². The lowest BCUT2D eigenvalue weighted by Crippen LogP contribution is -2.42. The maximum atomic E-state index is 12.1. The van der Waals surface area contributed by atoms with Crippen molar-refractivity contribution in [1.29, 1.82) is 0 Å². The fourth-order valence-electron chi connectivity index (χ4n) is 7.66. The van der Waals surface area contributed by atoms with Gasteiger partial charge in [-0.2, -0.15) is 0 Å². The molecular weight excluding hydrogens is 748 g/mol. The summed E-state index contributed by atoms with van der Waals surface area (Å²) < 4.78 is 0. The van der Waals surface area contributed by atoms with Crippen LogP contribution in [0, 0.1) is 0 Å². The number of aromatic amines is 2. The standard InChI is InChI=1S/C21H26N6OS.C19H21ClN6O/c1-29(2)20-12-7-3-5-9-14(12)26-18(20)17-19(21(23)28)24-11-16(27-17)25-15-10-6-4-8-13(15)22;20-15-10-5-1-3-7-12(10)25-16(15)17-18(19(22)27)23-9-14(26-17)24-13-8-4-2-6-11(13)21/h3,5,7,9,11,13,15H,4,6,8,10,22H2,1-2H3,(H3-,23,25,26,27,28);1,3,5,7,9,11,13,25H,2,4,6,8,21H2,(H2,22,27)(H,24,26)/p+1/t13-,15+;11-,13+/m00/s1.